The van der Waals surface area contributed by atoms with Crippen LogP contribution in [-0.2, 0) is 11.2 Å². The molecule has 2 N–H and O–H groups in total. The number of nitrogens with one attached hydrogen (secondary N) is 1. The molecule has 0 amide bonds. The van der Waals surface area contributed by atoms with Crippen LogP contribution in [0.25, 0.3) is 0 Å². The average molecular weight is 249 g/mol. The second-order valence-electron chi connectivity index (χ2n) is 4.86. The Kier molecular flexibility index (Phi) is 5.86. The van der Waals surface area contributed by atoms with Gasteiger partial charge in [0.25, 0.3) is 0 Å². The van der Waals surface area contributed by atoms with E-state index in [0.29, 0.717) is 6.42 Å². The molecule has 1 aromatic carbocycles. The lowest BCUT2D eigenvalue weighted by atomic mass is 9.99. The predicted octanol–water partition coefficient (Wildman–Crippen LogP) is 2.85. The van der Waals surface area contributed by atoms with Crippen molar-refractivity contribution in [3.63, 3.8) is 0 Å². The summed E-state index contributed by atoms with van der Waals surface area (Å²) in [4.78, 5) is 11.1. The van der Waals surface area contributed by atoms with E-state index in [1.165, 1.54) is 5.56 Å². The summed E-state index contributed by atoms with van der Waals surface area (Å²) in [6.45, 7) is 4.39. The molecule has 0 heterocycles. The van der Waals surface area contributed by atoms with Crippen LogP contribution in [-0.4, -0.2) is 23.2 Å². The van der Waals surface area contributed by atoms with Crippen molar-refractivity contribution in [1.82, 2.24) is 5.32 Å². The first-order valence-electron chi connectivity index (χ1n) is 6.61. The van der Waals surface area contributed by atoms with Gasteiger partial charge >= 0.3 is 5.97 Å². The highest BCUT2D eigenvalue weighted by Crippen LogP contribution is 2.10. The zero-order valence-electron chi connectivity index (χ0n) is 11.3. The van der Waals surface area contributed by atoms with Crippen LogP contribution < -0.4 is 5.32 Å². The van der Waals surface area contributed by atoms with Crippen molar-refractivity contribution in [1.29, 1.82) is 0 Å². The summed E-state index contributed by atoms with van der Waals surface area (Å²) >= 11 is 0. The van der Waals surface area contributed by atoms with Crippen molar-refractivity contribution in [3.05, 3.63) is 35.9 Å². The molecule has 18 heavy (non-hydrogen) atoms. The minimum atomic E-state index is -0.785. The zero-order chi connectivity index (χ0) is 13.4. The van der Waals surface area contributed by atoms with Gasteiger partial charge < -0.3 is 10.4 Å². The van der Waals surface area contributed by atoms with Gasteiger partial charge in [0.15, 0.2) is 0 Å². The number of unbranched alkanes of at least 4 members (excludes halogenated alkanes) is 1. The first-order chi connectivity index (χ1) is 8.58. The van der Waals surface area contributed by atoms with E-state index in [1.54, 1.807) is 6.92 Å². The molecule has 0 aliphatic carbocycles. The molecule has 0 saturated heterocycles. The van der Waals surface area contributed by atoms with Crippen LogP contribution in [0.4, 0.5) is 0 Å². The van der Waals surface area contributed by atoms with E-state index < -0.39 is 11.5 Å². The fourth-order valence-corrected chi connectivity index (χ4v) is 1.81. The van der Waals surface area contributed by atoms with Crippen LogP contribution in [0.1, 0.15) is 38.7 Å². The number of hydrogen-bond donors (Lipinski definition) is 2. The molecule has 0 spiro atoms. The number of carboxylic acid groups (broad SMARTS) is 1. The standard InChI is InChI=1S/C15H23NO2/c1-3-15(2,14(17)18)16-12-8-7-11-13-9-5-4-6-10-13/h4-6,9-10,16H,3,7-8,11-12H2,1-2H3,(H,17,18). The van der Waals surface area contributed by atoms with Gasteiger partial charge in [0.05, 0.1) is 0 Å². The Morgan fingerprint density at radius 1 is 1.28 bits per heavy atom. The van der Waals surface area contributed by atoms with Gasteiger partial charge in [-0.15, -0.1) is 0 Å². The average Bonchev–Trinajstić information content (AvgIpc) is 2.39. The predicted molar refractivity (Wildman–Crippen MR) is 73.7 cm³/mol. The molecule has 0 aliphatic heterocycles. The number of carboxylic acids is 1. The maximum Gasteiger partial charge on any atom is 0.323 e. The number of rotatable bonds is 8. The SMILES string of the molecule is CCC(C)(NCCCCc1ccccc1)C(=O)O. The van der Waals surface area contributed by atoms with E-state index in [0.717, 1.165) is 25.8 Å². The molecule has 0 radical (unpaired) electrons. The van der Waals surface area contributed by atoms with Crippen LogP contribution in [0.2, 0.25) is 0 Å². The normalized spacial score (nSPS) is 14.1. The highest BCUT2D eigenvalue weighted by molar-refractivity contribution is 5.78. The van der Waals surface area contributed by atoms with Gasteiger partial charge in [0.2, 0.25) is 0 Å². The summed E-state index contributed by atoms with van der Waals surface area (Å²) in [7, 11) is 0. The molecule has 0 bridgehead atoms. The van der Waals surface area contributed by atoms with E-state index in [1.807, 2.05) is 25.1 Å². The molecule has 1 unspecified atom stereocenters. The summed E-state index contributed by atoms with van der Waals surface area (Å²) in [5, 5.41) is 12.2. The molecule has 1 atom stereocenters. The lowest BCUT2D eigenvalue weighted by Crippen LogP contribution is -2.49. The molecule has 1 rings (SSSR count). The molecular weight excluding hydrogens is 226 g/mol. The minimum Gasteiger partial charge on any atom is -0.480 e. The number of aryl methyl sites for hydroxylation is 1. The molecular formula is C15H23NO2. The van der Waals surface area contributed by atoms with Gasteiger partial charge in [-0.1, -0.05) is 37.3 Å². The Morgan fingerprint density at radius 3 is 2.50 bits per heavy atom. The summed E-state index contributed by atoms with van der Waals surface area (Å²) in [5.74, 6) is -0.770. The van der Waals surface area contributed by atoms with Crippen molar-refractivity contribution in [2.24, 2.45) is 0 Å². The topological polar surface area (TPSA) is 49.3 Å². The Balaban J connectivity index is 2.21. The Labute approximate surface area is 109 Å². The first kappa shape index (κ1) is 14.7. The molecule has 3 nitrogen and oxygen atoms in total. The quantitative estimate of drug-likeness (QED) is 0.696. The van der Waals surface area contributed by atoms with E-state index in [9.17, 15) is 4.79 Å². The third-order valence-electron chi connectivity index (χ3n) is 3.43. The Hall–Kier alpha value is -1.35. The Morgan fingerprint density at radius 2 is 1.94 bits per heavy atom. The lowest BCUT2D eigenvalue weighted by molar-refractivity contribution is -0.144. The number of benzene rings is 1. The van der Waals surface area contributed by atoms with Gasteiger partial charge in [-0.3, -0.25) is 4.79 Å². The van der Waals surface area contributed by atoms with E-state index >= 15 is 0 Å². The molecule has 100 valence electrons. The monoisotopic (exact) mass is 249 g/mol. The number of hydrogen-bond acceptors (Lipinski definition) is 2. The molecule has 1 aromatic rings. The van der Waals surface area contributed by atoms with Crippen LogP contribution in [0.5, 0.6) is 0 Å². The van der Waals surface area contributed by atoms with E-state index in [-0.39, 0.29) is 0 Å². The maximum absolute atomic E-state index is 11.1. The van der Waals surface area contributed by atoms with Gasteiger partial charge in [-0.25, -0.2) is 0 Å². The smallest absolute Gasteiger partial charge is 0.323 e. The molecule has 0 saturated carbocycles. The van der Waals surface area contributed by atoms with Crippen molar-refractivity contribution in [3.8, 4) is 0 Å². The van der Waals surface area contributed by atoms with Crippen molar-refractivity contribution in [2.75, 3.05) is 6.54 Å². The second kappa shape index (κ2) is 7.17. The van der Waals surface area contributed by atoms with Gasteiger partial charge in [-0.05, 0) is 44.7 Å². The van der Waals surface area contributed by atoms with Gasteiger partial charge in [-0.2, -0.15) is 0 Å². The van der Waals surface area contributed by atoms with Gasteiger partial charge in [0.1, 0.15) is 5.54 Å². The minimum absolute atomic E-state index is 0.598. The molecule has 0 aliphatic rings. The van der Waals surface area contributed by atoms with Crippen LogP contribution in [0, 0.1) is 0 Å². The number of aliphatic carboxylic acids is 1. The number of carbonyl (C=O) groups is 1. The Bertz CT molecular complexity index is 364. The van der Waals surface area contributed by atoms with Crippen LogP contribution in [0.3, 0.4) is 0 Å². The molecule has 0 aromatic heterocycles. The van der Waals surface area contributed by atoms with E-state index in [4.69, 9.17) is 5.11 Å². The van der Waals surface area contributed by atoms with Crippen molar-refractivity contribution < 1.29 is 9.90 Å². The highest BCUT2D eigenvalue weighted by Gasteiger charge is 2.29. The van der Waals surface area contributed by atoms with Crippen molar-refractivity contribution in [2.45, 2.75) is 45.1 Å². The zero-order valence-corrected chi connectivity index (χ0v) is 11.3. The van der Waals surface area contributed by atoms with Crippen LogP contribution >= 0.6 is 0 Å². The van der Waals surface area contributed by atoms with E-state index in [2.05, 4.69) is 17.4 Å². The largest absolute Gasteiger partial charge is 0.480 e. The third-order valence-corrected chi connectivity index (χ3v) is 3.43. The van der Waals surface area contributed by atoms with Crippen molar-refractivity contribution >= 4 is 5.97 Å². The summed E-state index contributed by atoms with van der Waals surface area (Å²) in [5.41, 5.74) is 0.557. The second-order valence-corrected chi connectivity index (χ2v) is 4.86. The summed E-state index contributed by atoms with van der Waals surface area (Å²) in [6, 6.07) is 10.4. The van der Waals surface area contributed by atoms with Crippen LogP contribution in [0.15, 0.2) is 30.3 Å². The fraction of sp³-hybridized carbons (Fsp3) is 0.533. The highest BCUT2D eigenvalue weighted by atomic mass is 16.4. The fourth-order valence-electron chi connectivity index (χ4n) is 1.81. The first-order valence-corrected chi connectivity index (χ1v) is 6.61. The summed E-state index contributed by atoms with van der Waals surface area (Å²) in [6.07, 6.45) is 3.73. The maximum atomic E-state index is 11.1. The summed E-state index contributed by atoms with van der Waals surface area (Å²) < 4.78 is 0. The molecule has 3 heteroatoms. The third kappa shape index (κ3) is 4.49. The molecule has 0 fully saturated rings. The van der Waals surface area contributed by atoms with Gasteiger partial charge in [0, 0.05) is 0 Å². The lowest BCUT2D eigenvalue weighted by Gasteiger charge is -2.24.